The molecule has 1 aliphatic heterocycles. The van der Waals surface area contributed by atoms with Crippen molar-refractivity contribution in [1.29, 1.82) is 0 Å². The largest absolute Gasteiger partial charge is 0.384 e. The monoisotopic (exact) mass is 342 g/mol. The van der Waals surface area contributed by atoms with Crippen LogP contribution in [0.5, 0.6) is 0 Å². The first-order chi connectivity index (χ1) is 11.0. The van der Waals surface area contributed by atoms with Crippen LogP contribution in [0.25, 0.3) is 0 Å². The number of amides is 1. The number of hydrogen-bond donors (Lipinski definition) is 1. The molecule has 1 aromatic carbocycles. The fraction of sp³-hybridized carbons (Fsp3) is 0.533. The molecule has 1 saturated heterocycles. The van der Waals surface area contributed by atoms with Crippen molar-refractivity contribution < 1.29 is 22.7 Å². The fourth-order valence-electron chi connectivity index (χ4n) is 2.30. The lowest BCUT2D eigenvalue weighted by atomic mass is 10.1. The molecule has 2 rings (SSSR count). The van der Waals surface area contributed by atoms with Crippen LogP contribution < -0.4 is 4.72 Å². The van der Waals surface area contributed by atoms with Gasteiger partial charge < -0.3 is 14.4 Å². The van der Waals surface area contributed by atoms with E-state index in [0.29, 0.717) is 31.9 Å². The Morgan fingerprint density at radius 1 is 1.30 bits per heavy atom. The van der Waals surface area contributed by atoms with Crippen LogP contribution in [-0.4, -0.2) is 65.0 Å². The van der Waals surface area contributed by atoms with Gasteiger partial charge in [-0.3, -0.25) is 4.79 Å². The van der Waals surface area contributed by atoms with Crippen LogP contribution in [0.15, 0.2) is 30.3 Å². The van der Waals surface area contributed by atoms with Gasteiger partial charge in [-0.25, -0.2) is 8.42 Å². The predicted octanol–water partition coefficient (Wildman–Crippen LogP) is 0.152. The predicted molar refractivity (Wildman–Crippen MR) is 85.4 cm³/mol. The number of carbonyl (C=O) groups is 1. The molecule has 1 N–H and O–H groups in total. The van der Waals surface area contributed by atoms with Crippen molar-refractivity contribution in [3.05, 3.63) is 35.9 Å². The molecule has 8 heteroatoms. The summed E-state index contributed by atoms with van der Waals surface area (Å²) in [7, 11) is -2.19. The first kappa shape index (κ1) is 17.9. The molecular weight excluding hydrogens is 320 g/mol. The Hall–Kier alpha value is -1.48. The Labute approximate surface area is 136 Å². The molecule has 1 fully saturated rings. The van der Waals surface area contributed by atoms with Crippen molar-refractivity contribution in [3.8, 4) is 0 Å². The average molecular weight is 342 g/mol. The average Bonchev–Trinajstić information content (AvgIpc) is 2.59. The lowest BCUT2D eigenvalue weighted by Gasteiger charge is -2.30. The van der Waals surface area contributed by atoms with Crippen LogP contribution in [0.2, 0.25) is 0 Å². The molecule has 1 heterocycles. The first-order valence-corrected chi connectivity index (χ1v) is 9.09. The zero-order chi connectivity index (χ0) is 16.7. The first-order valence-electron chi connectivity index (χ1n) is 7.44. The Morgan fingerprint density at radius 3 is 2.57 bits per heavy atom. The Balaban J connectivity index is 2.20. The van der Waals surface area contributed by atoms with Gasteiger partial charge in [0.2, 0.25) is 15.9 Å². The number of benzene rings is 1. The summed E-state index contributed by atoms with van der Waals surface area (Å²) >= 11 is 0. The maximum absolute atomic E-state index is 12.8. The summed E-state index contributed by atoms with van der Waals surface area (Å²) in [6.45, 7) is 1.92. The van der Waals surface area contributed by atoms with E-state index in [9.17, 15) is 13.2 Å². The SMILES string of the molecule is COCCS(=O)(=O)N[C@@H](C(=O)N1CCOCC1)c1ccccc1. The van der Waals surface area contributed by atoms with E-state index in [1.165, 1.54) is 7.11 Å². The third kappa shape index (κ3) is 5.28. The van der Waals surface area contributed by atoms with Gasteiger partial charge in [0, 0.05) is 20.2 Å². The molecule has 0 aromatic heterocycles. The van der Waals surface area contributed by atoms with Crippen LogP contribution in [0, 0.1) is 0 Å². The van der Waals surface area contributed by atoms with Crippen molar-refractivity contribution in [2.45, 2.75) is 6.04 Å². The van der Waals surface area contributed by atoms with Crippen LogP contribution >= 0.6 is 0 Å². The summed E-state index contributed by atoms with van der Waals surface area (Å²) < 4.78 is 36.9. The topological polar surface area (TPSA) is 84.9 Å². The molecule has 1 aliphatic rings. The van der Waals surface area contributed by atoms with Crippen molar-refractivity contribution in [2.75, 3.05) is 45.8 Å². The molecule has 0 spiro atoms. The third-order valence-corrected chi connectivity index (χ3v) is 4.86. The van der Waals surface area contributed by atoms with E-state index in [1.54, 1.807) is 29.2 Å². The summed E-state index contributed by atoms with van der Waals surface area (Å²) in [5.74, 6) is -0.455. The quantitative estimate of drug-likeness (QED) is 0.763. The van der Waals surface area contributed by atoms with Crippen molar-refractivity contribution in [1.82, 2.24) is 9.62 Å². The maximum atomic E-state index is 12.8. The number of rotatable bonds is 7. The second-order valence-corrected chi connectivity index (χ2v) is 7.08. The standard InChI is InChI=1S/C15H22N2O5S/c1-21-11-12-23(19,20)16-14(13-5-3-2-4-6-13)15(18)17-7-9-22-10-8-17/h2-6,14,16H,7-12H2,1H3/t14-/m1/s1. The lowest BCUT2D eigenvalue weighted by Crippen LogP contribution is -2.47. The van der Waals surface area contributed by atoms with Gasteiger partial charge in [-0.2, -0.15) is 4.72 Å². The Bertz CT molecular complexity index is 600. The molecule has 7 nitrogen and oxygen atoms in total. The molecule has 1 atom stereocenters. The fourth-order valence-corrected chi connectivity index (χ4v) is 3.40. The minimum absolute atomic E-state index is 0.0720. The number of nitrogens with zero attached hydrogens (tertiary/aromatic N) is 1. The van der Waals surface area contributed by atoms with E-state index in [4.69, 9.17) is 9.47 Å². The smallest absolute Gasteiger partial charge is 0.245 e. The highest BCUT2D eigenvalue weighted by Crippen LogP contribution is 2.18. The molecule has 0 saturated carbocycles. The molecule has 0 aliphatic carbocycles. The minimum atomic E-state index is -3.63. The van der Waals surface area contributed by atoms with E-state index in [0.717, 1.165) is 0 Å². The molecule has 0 bridgehead atoms. The number of sulfonamides is 1. The zero-order valence-electron chi connectivity index (χ0n) is 13.1. The van der Waals surface area contributed by atoms with Gasteiger partial charge in [-0.15, -0.1) is 0 Å². The van der Waals surface area contributed by atoms with Gasteiger partial charge >= 0.3 is 0 Å². The van der Waals surface area contributed by atoms with E-state index in [2.05, 4.69) is 4.72 Å². The minimum Gasteiger partial charge on any atom is -0.384 e. The number of ether oxygens (including phenoxy) is 2. The number of carbonyl (C=O) groups excluding carboxylic acids is 1. The van der Waals surface area contributed by atoms with Crippen LogP contribution in [0.4, 0.5) is 0 Å². The van der Waals surface area contributed by atoms with Gasteiger partial charge in [0.1, 0.15) is 6.04 Å². The number of methoxy groups -OCH3 is 1. The summed E-state index contributed by atoms with van der Waals surface area (Å²) in [5.41, 5.74) is 0.616. The molecule has 1 aromatic rings. The van der Waals surface area contributed by atoms with Gasteiger partial charge in [0.25, 0.3) is 0 Å². The molecular formula is C15H22N2O5S. The van der Waals surface area contributed by atoms with E-state index in [1.807, 2.05) is 6.07 Å². The van der Waals surface area contributed by atoms with Crippen molar-refractivity contribution >= 4 is 15.9 Å². The van der Waals surface area contributed by atoms with Crippen molar-refractivity contribution in [2.24, 2.45) is 0 Å². The van der Waals surface area contributed by atoms with Crippen LogP contribution in [0.1, 0.15) is 11.6 Å². The second-order valence-electron chi connectivity index (χ2n) is 5.21. The maximum Gasteiger partial charge on any atom is 0.245 e. The van der Waals surface area contributed by atoms with Gasteiger partial charge in [-0.05, 0) is 5.56 Å². The van der Waals surface area contributed by atoms with Gasteiger partial charge in [0.05, 0.1) is 25.6 Å². The lowest BCUT2D eigenvalue weighted by molar-refractivity contribution is -0.137. The normalized spacial score (nSPS) is 17.0. The molecule has 128 valence electrons. The van der Waals surface area contributed by atoms with E-state index >= 15 is 0 Å². The van der Waals surface area contributed by atoms with Crippen LogP contribution in [-0.2, 0) is 24.3 Å². The Morgan fingerprint density at radius 2 is 1.96 bits per heavy atom. The molecule has 1 amide bonds. The Kier molecular flexibility index (Phi) is 6.52. The molecule has 0 unspecified atom stereocenters. The number of nitrogens with one attached hydrogen (secondary N) is 1. The highest BCUT2D eigenvalue weighted by atomic mass is 32.2. The van der Waals surface area contributed by atoms with Crippen LogP contribution in [0.3, 0.4) is 0 Å². The summed E-state index contributed by atoms with van der Waals surface area (Å²) in [6, 6.07) is 7.91. The number of morpholine rings is 1. The highest BCUT2D eigenvalue weighted by Gasteiger charge is 2.30. The molecule has 0 radical (unpaired) electrons. The highest BCUT2D eigenvalue weighted by molar-refractivity contribution is 7.89. The van der Waals surface area contributed by atoms with E-state index in [-0.39, 0.29) is 18.3 Å². The van der Waals surface area contributed by atoms with E-state index < -0.39 is 16.1 Å². The summed E-state index contributed by atoms with van der Waals surface area (Å²) in [5, 5.41) is 0. The van der Waals surface area contributed by atoms with Crippen molar-refractivity contribution in [3.63, 3.8) is 0 Å². The zero-order valence-corrected chi connectivity index (χ0v) is 13.9. The van der Waals surface area contributed by atoms with Gasteiger partial charge in [-0.1, -0.05) is 30.3 Å². The summed E-state index contributed by atoms with van der Waals surface area (Å²) in [4.78, 5) is 14.4. The number of hydrogen-bond acceptors (Lipinski definition) is 5. The second kappa shape index (κ2) is 8.39. The summed E-state index contributed by atoms with van der Waals surface area (Å²) in [6.07, 6.45) is 0. The van der Waals surface area contributed by atoms with Gasteiger partial charge in [0.15, 0.2) is 0 Å². The third-order valence-electron chi connectivity index (χ3n) is 3.56. The molecule has 23 heavy (non-hydrogen) atoms.